The van der Waals surface area contributed by atoms with Crippen LogP contribution in [0.3, 0.4) is 0 Å². The first-order valence-electron chi connectivity index (χ1n) is 3.84. The number of aryl methyl sites for hydroxylation is 1. The molecular weight excluding hydrogens is 204 g/mol. The second-order valence-electron chi connectivity index (χ2n) is 2.80. The topological polar surface area (TPSA) is 17.8 Å². The standard InChI is InChI=1S/C8H13BrN2/c1-7(2)11-8(3-5-9)4-6-10-11/h4,6-7H,3,5H2,1-2H3. The fourth-order valence-electron chi connectivity index (χ4n) is 1.10. The van der Waals surface area contributed by atoms with Gasteiger partial charge in [-0.2, -0.15) is 5.10 Å². The van der Waals surface area contributed by atoms with Crippen molar-refractivity contribution >= 4 is 15.9 Å². The lowest BCUT2D eigenvalue weighted by Gasteiger charge is -2.09. The van der Waals surface area contributed by atoms with Gasteiger partial charge < -0.3 is 0 Å². The Balaban J connectivity index is 2.78. The predicted octanol–water partition coefficient (Wildman–Crippen LogP) is 2.40. The van der Waals surface area contributed by atoms with E-state index >= 15 is 0 Å². The fourth-order valence-corrected chi connectivity index (χ4v) is 1.51. The first-order valence-corrected chi connectivity index (χ1v) is 4.96. The van der Waals surface area contributed by atoms with E-state index in [1.165, 1.54) is 5.69 Å². The lowest BCUT2D eigenvalue weighted by Crippen LogP contribution is -2.07. The van der Waals surface area contributed by atoms with E-state index in [4.69, 9.17) is 0 Å². The van der Waals surface area contributed by atoms with Crippen LogP contribution in [0.5, 0.6) is 0 Å². The molecule has 62 valence electrons. The Kier molecular flexibility index (Phi) is 3.12. The van der Waals surface area contributed by atoms with Crippen molar-refractivity contribution in [3.63, 3.8) is 0 Å². The minimum absolute atomic E-state index is 0.471. The third-order valence-corrected chi connectivity index (χ3v) is 1.99. The molecule has 0 amide bonds. The van der Waals surface area contributed by atoms with E-state index in [0.29, 0.717) is 6.04 Å². The molecule has 0 unspecified atom stereocenters. The van der Waals surface area contributed by atoms with Gasteiger partial charge in [0.1, 0.15) is 0 Å². The summed E-state index contributed by atoms with van der Waals surface area (Å²) in [4.78, 5) is 0. The van der Waals surface area contributed by atoms with Gasteiger partial charge in [0, 0.05) is 23.3 Å². The van der Waals surface area contributed by atoms with Gasteiger partial charge >= 0.3 is 0 Å². The summed E-state index contributed by atoms with van der Waals surface area (Å²) in [6.45, 7) is 4.29. The highest BCUT2D eigenvalue weighted by atomic mass is 79.9. The average molecular weight is 217 g/mol. The van der Waals surface area contributed by atoms with E-state index in [1.54, 1.807) is 0 Å². The highest BCUT2D eigenvalue weighted by molar-refractivity contribution is 9.09. The molecule has 1 aromatic rings. The Morgan fingerprint density at radius 1 is 1.64 bits per heavy atom. The summed E-state index contributed by atoms with van der Waals surface area (Å²) in [6, 6.07) is 2.54. The van der Waals surface area contributed by atoms with Crippen molar-refractivity contribution in [2.75, 3.05) is 5.33 Å². The molecule has 0 radical (unpaired) electrons. The molecule has 0 aliphatic carbocycles. The molecule has 0 bridgehead atoms. The zero-order valence-corrected chi connectivity index (χ0v) is 8.50. The number of nitrogens with zero attached hydrogens (tertiary/aromatic N) is 2. The zero-order valence-electron chi connectivity index (χ0n) is 6.92. The summed E-state index contributed by atoms with van der Waals surface area (Å²) in [7, 11) is 0. The van der Waals surface area contributed by atoms with Gasteiger partial charge in [0.2, 0.25) is 0 Å². The SMILES string of the molecule is CC(C)n1nccc1CCBr. The molecule has 1 heterocycles. The van der Waals surface area contributed by atoms with Gasteiger partial charge in [-0.15, -0.1) is 0 Å². The van der Waals surface area contributed by atoms with Gasteiger partial charge in [-0.25, -0.2) is 0 Å². The summed E-state index contributed by atoms with van der Waals surface area (Å²) in [5, 5.41) is 5.24. The van der Waals surface area contributed by atoms with Crippen LogP contribution in [0, 0.1) is 0 Å². The van der Waals surface area contributed by atoms with Gasteiger partial charge in [0.25, 0.3) is 0 Å². The Morgan fingerprint density at radius 3 is 2.91 bits per heavy atom. The number of rotatable bonds is 3. The fraction of sp³-hybridized carbons (Fsp3) is 0.625. The number of alkyl halides is 1. The van der Waals surface area contributed by atoms with Gasteiger partial charge in [0.15, 0.2) is 0 Å². The molecule has 1 rings (SSSR count). The summed E-state index contributed by atoms with van der Waals surface area (Å²) in [6.07, 6.45) is 2.91. The Morgan fingerprint density at radius 2 is 2.36 bits per heavy atom. The molecule has 0 fully saturated rings. The molecule has 0 saturated carbocycles. The minimum atomic E-state index is 0.471. The molecule has 1 aromatic heterocycles. The largest absolute Gasteiger partial charge is 0.267 e. The summed E-state index contributed by atoms with van der Waals surface area (Å²) in [5.41, 5.74) is 1.30. The second kappa shape index (κ2) is 3.90. The van der Waals surface area contributed by atoms with Crippen LogP contribution >= 0.6 is 15.9 Å². The first-order chi connectivity index (χ1) is 5.25. The smallest absolute Gasteiger partial charge is 0.0492 e. The monoisotopic (exact) mass is 216 g/mol. The van der Waals surface area contributed by atoms with Gasteiger partial charge in [-0.05, 0) is 26.3 Å². The third-order valence-electron chi connectivity index (χ3n) is 1.59. The molecule has 0 spiro atoms. The first kappa shape index (κ1) is 8.78. The minimum Gasteiger partial charge on any atom is -0.267 e. The van der Waals surface area contributed by atoms with Crippen molar-refractivity contribution < 1.29 is 0 Å². The summed E-state index contributed by atoms with van der Waals surface area (Å²) >= 11 is 3.41. The highest BCUT2D eigenvalue weighted by Gasteiger charge is 2.03. The average Bonchev–Trinajstić information content (AvgIpc) is 2.36. The van der Waals surface area contributed by atoms with Crippen molar-refractivity contribution in [3.8, 4) is 0 Å². The molecule has 0 aliphatic heterocycles. The second-order valence-corrected chi connectivity index (χ2v) is 3.59. The van der Waals surface area contributed by atoms with Crippen LogP contribution in [-0.2, 0) is 6.42 Å². The van der Waals surface area contributed by atoms with Crippen LogP contribution in [-0.4, -0.2) is 15.1 Å². The number of hydrogen-bond acceptors (Lipinski definition) is 1. The maximum absolute atomic E-state index is 4.23. The molecule has 0 saturated heterocycles. The van der Waals surface area contributed by atoms with E-state index in [0.717, 1.165) is 11.8 Å². The van der Waals surface area contributed by atoms with Crippen LogP contribution in [0.4, 0.5) is 0 Å². The van der Waals surface area contributed by atoms with Gasteiger partial charge in [0.05, 0.1) is 0 Å². The maximum Gasteiger partial charge on any atom is 0.0492 e. The van der Waals surface area contributed by atoms with Crippen molar-refractivity contribution in [3.05, 3.63) is 18.0 Å². The van der Waals surface area contributed by atoms with E-state index in [1.807, 2.05) is 6.20 Å². The lowest BCUT2D eigenvalue weighted by atomic mass is 10.3. The molecule has 11 heavy (non-hydrogen) atoms. The molecule has 2 nitrogen and oxygen atoms in total. The van der Waals surface area contributed by atoms with Crippen LogP contribution in [0.1, 0.15) is 25.6 Å². The Hall–Kier alpha value is -0.310. The van der Waals surface area contributed by atoms with Crippen molar-refractivity contribution in [1.29, 1.82) is 0 Å². The molecule has 0 aromatic carbocycles. The quantitative estimate of drug-likeness (QED) is 0.711. The lowest BCUT2D eigenvalue weighted by molar-refractivity contribution is 0.512. The molecule has 0 aliphatic rings. The molecule has 0 N–H and O–H groups in total. The Labute approximate surface area is 75.7 Å². The van der Waals surface area contributed by atoms with E-state index < -0.39 is 0 Å². The van der Waals surface area contributed by atoms with E-state index in [2.05, 4.69) is 45.6 Å². The highest BCUT2D eigenvalue weighted by Crippen LogP contribution is 2.08. The molecular formula is C8H13BrN2. The summed E-state index contributed by atoms with van der Waals surface area (Å²) in [5.74, 6) is 0. The maximum atomic E-state index is 4.23. The number of aromatic nitrogens is 2. The normalized spacial score (nSPS) is 10.9. The van der Waals surface area contributed by atoms with Crippen molar-refractivity contribution in [2.45, 2.75) is 26.3 Å². The Bertz CT molecular complexity index is 218. The van der Waals surface area contributed by atoms with Gasteiger partial charge in [-0.1, -0.05) is 15.9 Å². The van der Waals surface area contributed by atoms with Gasteiger partial charge in [-0.3, -0.25) is 4.68 Å². The molecule has 3 heteroatoms. The van der Waals surface area contributed by atoms with E-state index in [9.17, 15) is 0 Å². The number of hydrogen-bond donors (Lipinski definition) is 0. The number of halogens is 1. The molecule has 0 atom stereocenters. The predicted molar refractivity (Wildman–Crippen MR) is 50.1 cm³/mol. The zero-order chi connectivity index (χ0) is 8.27. The van der Waals surface area contributed by atoms with Crippen LogP contribution < -0.4 is 0 Å². The van der Waals surface area contributed by atoms with Crippen molar-refractivity contribution in [1.82, 2.24) is 9.78 Å². The summed E-state index contributed by atoms with van der Waals surface area (Å²) < 4.78 is 2.06. The van der Waals surface area contributed by atoms with Crippen LogP contribution in [0.25, 0.3) is 0 Å². The van der Waals surface area contributed by atoms with Crippen molar-refractivity contribution in [2.24, 2.45) is 0 Å². The van der Waals surface area contributed by atoms with Crippen LogP contribution in [0.2, 0.25) is 0 Å². The third kappa shape index (κ3) is 2.06. The van der Waals surface area contributed by atoms with E-state index in [-0.39, 0.29) is 0 Å². The van der Waals surface area contributed by atoms with Crippen LogP contribution in [0.15, 0.2) is 12.3 Å².